The SMILES string of the molecule is CNC(Cc1ccccn1)CN1CCN(c2cccc3[nH]ccc23)CC1. The molecule has 2 N–H and O–H groups in total. The Hall–Kier alpha value is -2.37. The molecule has 1 aliphatic heterocycles. The van der Waals surface area contributed by atoms with Gasteiger partial charge in [0.05, 0.1) is 0 Å². The summed E-state index contributed by atoms with van der Waals surface area (Å²) in [7, 11) is 2.05. The standard InChI is InChI=1S/C21H27N5/c1-22-18(15-17-5-2-3-9-23-17)16-25-11-13-26(14-12-25)21-7-4-6-20-19(21)8-10-24-20/h2-10,18,22,24H,11-16H2,1H3. The molecule has 5 heteroatoms. The van der Waals surface area contributed by atoms with E-state index in [1.165, 1.54) is 16.6 Å². The molecule has 0 amide bonds. The van der Waals surface area contributed by atoms with Crippen molar-refractivity contribution in [2.45, 2.75) is 12.5 Å². The van der Waals surface area contributed by atoms with Gasteiger partial charge in [-0.15, -0.1) is 0 Å². The van der Waals surface area contributed by atoms with E-state index < -0.39 is 0 Å². The van der Waals surface area contributed by atoms with Crippen LogP contribution in [-0.4, -0.2) is 60.7 Å². The van der Waals surface area contributed by atoms with Gasteiger partial charge in [0.15, 0.2) is 0 Å². The molecule has 1 aliphatic rings. The maximum absolute atomic E-state index is 4.47. The minimum atomic E-state index is 0.435. The second-order valence-corrected chi connectivity index (χ2v) is 7.01. The predicted molar refractivity (Wildman–Crippen MR) is 108 cm³/mol. The van der Waals surface area contributed by atoms with Crippen molar-refractivity contribution in [2.24, 2.45) is 0 Å². The Morgan fingerprint density at radius 3 is 2.73 bits per heavy atom. The van der Waals surface area contributed by atoms with Crippen LogP contribution in [0.4, 0.5) is 5.69 Å². The second-order valence-electron chi connectivity index (χ2n) is 7.01. The van der Waals surface area contributed by atoms with Gasteiger partial charge in [-0.2, -0.15) is 0 Å². The van der Waals surface area contributed by atoms with Crippen molar-refractivity contribution >= 4 is 16.6 Å². The number of pyridine rings is 1. The molecule has 5 nitrogen and oxygen atoms in total. The lowest BCUT2D eigenvalue weighted by molar-refractivity contribution is 0.231. The molecule has 26 heavy (non-hydrogen) atoms. The van der Waals surface area contributed by atoms with Crippen molar-refractivity contribution in [3.05, 3.63) is 60.6 Å². The number of fused-ring (bicyclic) bond motifs is 1. The van der Waals surface area contributed by atoms with Crippen LogP contribution >= 0.6 is 0 Å². The molecular weight excluding hydrogens is 322 g/mol. The molecule has 0 spiro atoms. The lowest BCUT2D eigenvalue weighted by Crippen LogP contribution is -2.50. The number of nitrogens with zero attached hydrogens (tertiary/aromatic N) is 3. The zero-order valence-corrected chi connectivity index (χ0v) is 15.4. The lowest BCUT2D eigenvalue weighted by atomic mass is 10.1. The molecule has 2 aromatic heterocycles. The number of aromatic amines is 1. The number of aromatic nitrogens is 2. The highest BCUT2D eigenvalue weighted by molar-refractivity contribution is 5.92. The molecule has 0 bridgehead atoms. The van der Waals surface area contributed by atoms with Crippen LogP contribution in [0.15, 0.2) is 54.9 Å². The molecule has 1 fully saturated rings. The Balaban J connectivity index is 1.35. The fourth-order valence-corrected chi connectivity index (χ4v) is 3.86. The number of hydrogen-bond donors (Lipinski definition) is 2. The Morgan fingerprint density at radius 1 is 1.08 bits per heavy atom. The van der Waals surface area contributed by atoms with Crippen molar-refractivity contribution in [3.63, 3.8) is 0 Å². The van der Waals surface area contributed by atoms with Crippen molar-refractivity contribution in [2.75, 3.05) is 44.7 Å². The minimum absolute atomic E-state index is 0.435. The number of hydrogen-bond acceptors (Lipinski definition) is 4. The smallest absolute Gasteiger partial charge is 0.0474 e. The van der Waals surface area contributed by atoms with E-state index in [9.17, 15) is 0 Å². The largest absolute Gasteiger partial charge is 0.368 e. The lowest BCUT2D eigenvalue weighted by Gasteiger charge is -2.37. The fourth-order valence-electron chi connectivity index (χ4n) is 3.86. The average Bonchev–Trinajstić information content (AvgIpc) is 3.18. The zero-order chi connectivity index (χ0) is 17.8. The number of nitrogens with one attached hydrogen (secondary N) is 2. The summed E-state index contributed by atoms with van der Waals surface area (Å²) in [4.78, 5) is 12.9. The van der Waals surface area contributed by atoms with Crippen LogP contribution in [0, 0.1) is 0 Å². The van der Waals surface area contributed by atoms with Gasteiger partial charge < -0.3 is 15.2 Å². The van der Waals surface area contributed by atoms with Gasteiger partial charge in [-0.1, -0.05) is 12.1 Å². The number of piperazine rings is 1. The van der Waals surface area contributed by atoms with Gasteiger partial charge in [0.25, 0.3) is 0 Å². The molecule has 1 aromatic carbocycles. The molecular formula is C21H27N5. The third-order valence-electron chi connectivity index (χ3n) is 5.35. The molecule has 0 aliphatic carbocycles. The summed E-state index contributed by atoms with van der Waals surface area (Å²) < 4.78 is 0. The van der Waals surface area contributed by atoms with Gasteiger partial charge >= 0.3 is 0 Å². The van der Waals surface area contributed by atoms with Crippen molar-refractivity contribution < 1.29 is 0 Å². The minimum Gasteiger partial charge on any atom is -0.368 e. The summed E-state index contributed by atoms with van der Waals surface area (Å²) in [6, 6.07) is 15.3. The van der Waals surface area contributed by atoms with Crippen LogP contribution in [0.5, 0.6) is 0 Å². The quantitative estimate of drug-likeness (QED) is 0.718. The molecule has 4 rings (SSSR count). The Morgan fingerprint density at radius 2 is 1.96 bits per heavy atom. The van der Waals surface area contributed by atoms with Gasteiger partial charge in [0.1, 0.15) is 0 Å². The Labute approximate surface area is 155 Å². The van der Waals surface area contributed by atoms with E-state index in [0.29, 0.717) is 6.04 Å². The maximum atomic E-state index is 4.47. The normalized spacial score (nSPS) is 16.9. The number of benzene rings is 1. The number of H-pyrrole nitrogens is 1. The van der Waals surface area contributed by atoms with Crippen LogP contribution in [0.25, 0.3) is 10.9 Å². The first-order valence-corrected chi connectivity index (χ1v) is 9.44. The average molecular weight is 349 g/mol. The van der Waals surface area contributed by atoms with Gasteiger partial charge in [-0.3, -0.25) is 9.88 Å². The van der Waals surface area contributed by atoms with Crippen molar-refractivity contribution in [1.29, 1.82) is 0 Å². The molecule has 3 heterocycles. The van der Waals surface area contributed by atoms with Gasteiger partial charge in [0, 0.05) is 79.9 Å². The molecule has 3 aromatic rings. The monoisotopic (exact) mass is 349 g/mol. The Bertz CT molecular complexity index is 821. The predicted octanol–water partition coefficient (Wildman–Crippen LogP) is 2.52. The fraction of sp³-hybridized carbons (Fsp3) is 0.381. The van der Waals surface area contributed by atoms with Gasteiger partial charge in [-0.05, 0) is 37.4 Å². The van der Waals surface area contributed by atoms with E-state index >= 15 is 0 Å². The summed E-state index contributed by atoms with van der Waals surface area (Å²) in [6.45, 7) is 5.41. The van der Waals surface area contributed by atoms with E-state index in [4.69, 9.17) is 0 Å². The van der Waals surface area contributed by atoms with E-state index in [2.05, 4.69) is 68.5 Å². The molecule has 0 saturated carbocycles. The summed E-state index contributed by atoms with van der Waals surface area (Å²) >= 11 is 0. The molecule has 0 radical (unpaired) electrons. The maximum Gasteiger partial charge on any atom is 0.0474 e. The summed E-state index contributed by atoms with van der Waals surface area (Å²) in [5, 5.41) is 4.79. The highest BCUT2D eigenvalue weighted by Crippen LogP contribution is 2.26. The highest BCUT2D eigenvalue weighted by atomic mass is 15.3. The van der Waals surface area contributed by atoms with Crippen molar-refractivity contribution in [1.82, 2.24) is 20.2 Å². The van der Waals surface area contributed by atoms with Gasteiger partial charge in [-0.25, -0.2) is 0 Å². The van der Waals surface area contributed by atoms with Crippen LogP contribution in [0.3, 0.4) is 0 Å². The van der Waals surface area contributed by atoms with E-state index in [-0.39, 0.29) is 0 Å². The van der Waals surface area contributed by atoms with E-state index in [1.54, 1.807) is 0 Å². The number of anilines is 1. The molecule has 1 unspecified atom stereocenters. The highest BCUT2D eigenvalue weighted by Gasteiger charge is 2.21. The number of likely N-dealkylation sites (N-methyl/N-ethyl adjacent to an activating group) is 1. The first-order chi connectivity index (χ1) is 12.8. The summed E-state index contributed by atoms with van der Waals surface area (Å²) in [5.41, 5.74) is 3.72. The second kappa shape index (κ2) is 7.89. The van der Waals surface area contributed by atoms with Crippen LogP contribution in [0.1, 0.15) is 5.69 Å². The van der Waals surface area contributed by atoms with Crippen molar-refractivity contribution in [3.8, 4) is 0 Å². The third kappa shape index (κ3) is 3.74. The first kappa shape index (κ1) is 17.1. The van der Waals surface area contributed by atoms with E-state index in [0.717, 1.165) is 44.8 Å². The zero-order valence-electron chi connectivity index (χ0n) is 15.4. The molecule has 1 atom stereocenters. The Kier molecular flexibility index (Phi) is 5.18. The van der Waals surface area contributed by atoms with Crippen LogP contribution in [0.2, 0.25) is 0 Å². The van der Waals surface area contributed by atoms with E-state index in [1.807, 2.05) is 18.5 Å². The van der Waals surface area contributed by atoms with Gasteiger partial charge in [0.2, 0.25) is 0 Å². The van der Waals surface area contributed by atoms with Crippen LogP contribution in [-0.2, 0) is 6.42 Å². The molecule has 136 valence electrons. The summed E-state index contributed by atoms with van der Waals surface area (Å²) in [5.74, 6) is 0. The third-order valence-corrected chi connectivity index (χ3v) is 5.35. The topological polar surface area (TPSA) is 47.2 Å². The first-order valence-electron chi connectivity index (χ1n) is 9.44. The summed E-state index contributed by atoms with van der Waals surface area (Å²) in [6.07, 6.45) is 4.88. The van der Waals surface area contributed by atoms with Crippen LogP contribution < -0.4 is 10.2 Å². The molecule has 1 saturated heterocycles. The number of rotatable bonds is 6.